The van der Waals surface area contributed by atoms with Gasteiger partial charge in [-0.3, -0.25) is 4.79 Å². The maximum atomic E-state index is 12.7. The number of nitrogens with one attached hydrogen (secondary N) is 1. The Labute approximate surface area is 150 Å². The molecule has 2 heterocycles. The maximum Gasteiger partial charge on any atom is 0.249 e. The smallest absolute Gasteiger partial charge is 0.249 e. The number of hydrogen-bond acceptors (Lipinski definition) is 5. The molecular weight excluding hydrogens is 328 g/mol. The van der Waals surface area contributed by atoms with Crippen molar-refractivity contribution >= 4 is 17.3 Å². The van der Waals surface area contributed by atoms with Crippen LogP contribution in [-0.4, -0.2) is 33.3 Å². The Morgan fingerprint density at radius 1 is 1.08 bits per heavy atom. The van der Waals surface area contributed by atoms with E-state index in [9.17, 15) is 4.79 Å². The SMILES string of the molecule is N#Cc1ccc(N2CCC(Nc3ccc(-n4cncn4)cc3)C2=O)cc1. The molecule has 1 amide bonds. The van der Waals surface area contributed by atoms with Gasteiger partial charge in [0.25, 0.3) is 0 Å². The molecule has 7 heteroatoms. The fourth-order valence-corrected chi connectivity index (χ4v) is 3.04. The van der Waals surface area contributed by atoms with Crippen molar-refractivity contribution in [2.24, 2.45) is 0 Å². The minimum absolute atomic E-state index is 0.0371. The zero-order valence-electron chi connectivity index (χ0n) is 13.9. The van der Waals surface area contributed by atoms with Crippen LogP contribution in [0.2, 0.25) is 0 Å². The fourth-order valence-electron chi connectivity index (χ4n) is 3.04. The lowest BCUT2D eigenvalue weighted by Gasteiger charge is -2.18. The van der Waals surface area contributed by atoms with Gasteiger partial charge in [0.05, 0.1) is 17.3 Å². The van der Waals surface area contributed by atoms with Gasteiger partial charge in [0.15, 0.2) is 0 Å². The first-order valence-electron chi connectivity index (χ1n) is 8.28. The van der Waals surface area contributed by atoms with Gasteiger partial charge in [0, 0.05) is 17.9 Å². The molecule has 1 saturated heterocycles. The van der Waals surface area contributed by atoms with E-state index in [0.29, 0.717) is 12.1 Å². The average molecular weight is 344 g/mol. The number of amides is 1. The van der Waals surface area contributed by atoms with Crippen molar-refractivity contribution in [1.29, 1.82) is 5.26 Å². The van der Waals surface area contributed by atoms with Crippen LogP contribution in [-0.2, 0) is 4.79 Å². The van der Waals surface area contributed by atoms with Crippen LogP contribution in [0, 0.1) is 11.3 Å². The third-order valence-corrected chi connectivity index (χ3v) is 4.41. The summed E-state index contributed by atoms with van der Waals surface area (Å²) < 4.78 is 1.68. The summed E-state index contributed by atoms with van der Waals surface area (Å²) in [6, 6.07) is 16.6. The molecule has 128 valence electrons. The Bertz CT molecular complexity index is 941. The number of nitrogens with zero attached hydrogens (tertiary/aromatic N) is 5. The van der Waals surface area contributed by atoms with Gasteiger partial charge in [-0.1, -0.05) is 0 Å². The molecule has 4 rings (SSSR count). The third kappa shape index (κ3) is 3.00. The molecule has 0 aliphatic carbocycles. The largest absolute Gasteiger partial charge is 0.374 e. The molecule has 7 nitrogen and oxygen atoms in total. The molecule has 1 aromatic heterocycles. The van der Waals surface area contributed by atoms with Crippen molar-refractivity contribution in [1.82, 2.24) is 14.8 Å². The number of aromatic nitrogens is 3. The second-order valence-electron chi connectivity index (χ2n) is 6.02. The zero-order valence-corrected chi connectivity index (χ0v) is 13.9. The summed E-state index contributed by atoms with van der Waals surface area (Å²) in [4.78, 5) is 18.4. The van der Waals surface area contributed by atoms with Gasteiger partial charge in [0.2, 0.25) is 5.91 Å². The van der Waals surface area contributed by atoms with Gasteiger partial charge >= 0.3 is 0 Å². The Kier molecular flexibility index (Phi) is 4.07. The molecular formula is C19H16N6O. The van der Waals surface area contributed by atoms with Crippen LogP contribution >= 0.6 is 0 Å². The predicted molar refractivity (Wildman–Crippen MR) is 96.9 cm³/mol. The highest BCUT2D eigenvalue weighted by Gasteiger charge is 2.32. The highest BCUT2D eigenvalue weighted by molar-refractivity contribution is 6.01. The van der Waals surface area contributed by atoms with E-state index in [1.807, 2.05) is 36.4 Å². The minimum atomic E-state index is -0.261. The highest BCUT2D eigenvalue weighted by Crippen LogP contribution is 2.24. The van der Waals surface area contributed by atoms with Crippen LogP contribution in [0.15, 0.2) is 61.2 Å². The fraction of sp³-hybridized carbons (Fsp3) is 0.158. The van der Waals surface area contributed by atoms with Crippen molar-refractivity contribution in [2.75, 3.05) is 16.8 Å². The summed E-state index contributed by atoms with van der Waals surface area (Å²) in [6.45, 7) is 0.652. The Morgan fingerprint density at radius 3 is 2.46 bits per heavy atom. The van der Waals surface area contributed by atoms with E-state index in [0.717, 1.165) is 23.5 Å². The van der Waals surface area contributed by atoms with Crippen molar-refractivity contribution in [3.63, 3.8) is 0 Å². The van der Waals surface area contributed by atoms with E-state index in [1.54, 1.807) is 28.0 Å². The van der Waals surface area contributed by atoms with Gasteiger partial charge in [-0.25, -0.2) is 9.67 Å². The van der Waals surface area contributed by atoms with Gasteiger partial charge in [0.1, 0.15) is 18.7 Å². The molecule has 2 aromatic carbocycles. The van der Waals surface area contributed by atoms with E-state index in [4.69, 9.17) is 5.26 Å². The topological polar surface area (TPSA) is 86.8 Å². The van der Waals surface area contributed by atoms with Crippen LogP contribution < -0.4 is 10.2 Å². The van der Waals surface area contributed by atoms with Crippen LogP contribution in [0.1, 0.15) is 12.0 Å². The standard InChI is InChI=1S/C19H16N6O/c20-11-14-1-5-16(6-2-14)24-10-9-18(19(24)26)23-15-3-7-17(8-4-15)25-13-21-12-22-25/h1-8,12-13,18,23H,9-10H2. The predicted octanol–water partition coefficient (Wildman–Crippen LogP) is 2.36. The number of carbonyl (C=O) groups excluding carboxylic acids is 1. The van der Waals surface area contributed by atoms with E-state index in [2.05, 4.69) is 21.5 Å². The monoisotopic (exact) mass is 344 g/mol. The Balaban J connectivity index is 1.44. The lowest BCUT2D eigenvalue weighted by molar-refractivity contribution is -0.117. The van der Waals surface area contributed by atoms with Crippen molar-refractivity contribution in [3.8, 4) is 11.8 Å². The van der Waals surface area contributed by atoms with Crippen molar-refractivity contribution in [2.45, 2.75) is 12.5 Å². The molecule has 0 saturated carbocycles. The summed E-state index contributed by atoms with van der Waals surface area (Å²) in [7, 11) is 0. The lowest BCUT2D eigenvalue weighted by Crippen LogP contribution is -2.33. The number of anilines is 2. The molecule has 3 aromatic rings. The lowest BCUT2D eigenvalue weighted by atomic mass is 10.2. The molecule has 0 radical (unpaired) electrons. The Morgan fingerprint density at radius 2 is 1.81 bits per heavy atom. The summed E-state index contributed by atoms with van der Waals surface area (Å²) in [5.41, 5.74) is 3.20. The first-order chi connectivity index (χ1) is 12.7. The van der Waals surface area contributed by atoms with E-state index < -0.39 is 0 Å². The summed E-state index contributed by atoms with van der Waals surface area (Å²) in [5.74, 6) is 0.0371. The van der Waals surface area contributed by atoms with E-state index in [1.165, 1.54) is 6.33 Å². The molecule has 26 heavy (non-hydrogen) atoms. The molecule has 1 fully saturated rings. The second kappa shape index (κ2) is 6.69. The van der Waals surface area contributed by atoms with Crippen LogP contribution in [0.25, 0.3) is 5.69 Å². The summed E-state index contributed by atoms with van der Waals surface area (Å²) in [5, 5.41) is 16.3. The van der Waals surface area contributed by atoms with Crippen molar-refractivity contribution in [3.05, 3.63) is 66.7 Å². The number of rotatable bonds is 4. The number of hydrogen-bond donors (Lipinski definition) is 1. The Hall–Kier alpha value is -3.66. The van der Waals surface area contributed by atoms with E-state index >= 15 is 0 Å². The summed E-state index contributed by atoms with van der Waals surface area (Å²) >= 11 is 0. The molecule has 1 N–H and O–H groups in total. The second-order valence-corrected chi connectivity index (χ2v) is 6.02. The number of carbonyl (C=O) groups is 1. The molecule has 1 aliphatic heterocycles. The highest BCUT2D eigenvalue weighted by atomic mass is 16.2. The minimum Gasteiger partial charge on any atom is -0.374 e. The number of benzene rings is 2. The van der Waals surface area contributed by atoms with Crippen LogP contribution in [0.5, 0.6) is 0 Å². The molecule has 1 unspecified atom stereocenters. The maximum absolute atomic E-state index is 12.7. The first kappa shape index (κ1) is 15.8. The van der Waals surface area contributed by atoms with Gasteiger partial charge < -0.3 is 10.2 Å². The van der Waals surface area contributed by atoms with Gasteiger partial charge in [-0.05, 0) is 55.0 Å². The molecule has 1 aliphatic rings. The first-order valence-corrected chi connectivity index (χ1v) is 8.28. The number of nitriles is 1. The zero-order chi connectivity index (χ0) is 17.9. The van der Waals surface area contributed by atoms with Crippen LogP contribution in [0.3, 0.4) is 0 Å². The quantitative estimate of drug-likeness (QED) is 0.785. The normalized spacial score (nSPS) is 16.5. The van der Waals surface area contributed by atoms with E-state index in [-0.39, 0.29) is 11.9 Å². The average Bonchev–Trinajstić information content (AvgIpc) is 3.34. The molecule has 1 atom stereocenters. The summed E-state index contributed by atoms with van der Waals surface area (Å²) in [6.07, 6.45) is 3.85. The van der Waals surface area contributed by atoms with Gasteiger partial charge in [-0.15, -0.1) is 0 Å². The molecule has 0 bridgehead atoms. The van der Waals surface area contributed by atoms with Crippen molar-refractivity contribution < 1.29 is 4.79 Å². The third-order valence-electron chi connectivity index (χ3n) is 4.41. The van der Waals surface area contributed by atoms with Crippen LogP contribution in [0.4, 0.5) is 11.4 Å². The van der Waals surface area contributed by atoms with Gasteiger partial charge in [-0.2, -0.15) is 10.4 Å². The molecule has 0 spiro atoms.